The molecule has 18 nitrogen and oxygen atoms in total. The molecule has 0 spiro atoms. The van der Waals surface area contributed by atoms with Crippen molar-refractivity contribution in [2.75, 3.05) is 59.9 Å². The number of aromatic nitrogens is 10. The summed E-state index contributed by atoms with van der Waals surface area (Å²) in [5, 5.41) is 0. The Morgan fingerprint density at radius 1 is 0.621 bits per heavy atom. The highest BCUT2D eigenvalue weighted by Crippen LogP contribution is 2.35. The molecule has 8 heterocycles. The van der Waals surface area contributed by atoms with Crippen LogP contribution >= 0.6 is 0 Å². The topological polar surface area (TPSA) is 228 Å². The van der Waals surface area contributed by atoms with E-state index in [1.54, 1.807) is 49.3 Å². The minimum absolute atomic E-state index is 0.0671. The third kappa shape index (κ3) is 11.6. The third-order valence-electron chi connectivity index (χ3n) is 11.6. The minimum atomic E-state index is -0.530. The summed E-state index contributed by atoms with van der Waals surface area (Å²) in [7, 11) is 3.77. The Kier molecular flexibility index (Phi) is 15.2. The van der Waals surface area contributed by atoms with Gasteiger partial charge in [0.05, 0.1) is 23.5 Å². The van der Waals surface area contributed by atoms with Crippen LogP contribution in [-0.4, -0.2) is 102 Å². The van der Waals surface area contributed by atoms with Crippen LogP contribution in [0.1, 0.15) is 87.0 Å². The summed E-state index contributed by atoms with van der Waals surface area (Å²) in [6.07, 6.45) is 15.3. The fourth-order valence-corrected chi connectivity index (χ4v) is 7.99. The second-order valence-electron chi connectivity index (χ2n) is 16.3. The van der Waals surface area contributed by atoms with Gasteiger partial charge in [-0.3, -0.25) is 9.59 Å². The van der Waals surface area contributed by atoms with Gasteiger partial charge in [-0.25, -0.2) is 54.2 Å². The van der Waals surface area contributed by atoms with Gasteiger partial charge in [0.15, 0.2) is 23.3 Å². The summed E-state index contributed by atoms with van der Waals surface area (Å²) in [4.78, 5) is 73.9. The lowest BCUT2D eigenvalue weighted by molar-refractivity contribution is -0.119. The van der Waals surface area contributed by atoms with E-state index in [-0.39, 0.29) is 29.7 Å². The van der Waals surface area contributed by atoms with Crippen molar-refractivity contribution in [3.05, 3.63) is 108 Å². The highest BCUT2D eigenvalue weighted by molar-refractivity contribution is 5.74. The van der Waals surface area contributed by atoms with E-state index < -0.39 is 5.95 Å². The van der Waals surface area contributed by atoms with Crippen molar-refractivity contribution >= 4 is 35.0 Å². The highest BCUT2D eigenvalue weighted by atomic mass is 19.1. The van der Waals surface area contributed by atoms with Crippen LogP contribution in [0.5, 0.6) is 0 Å². The van der Waals surface area contributed by atoms with Gasteiger partial charge in [0, 0.05) is 144 Å². The van der Waals surface area contributed by atoms with E-state index in [1.807, 2.05) is 43.8 Å². The molecule has 0 saturated heterocycles. The van der Waals surface area contributed by atoms with Crippen LogP contribution in [0.15, 0.2) is 73.6 Å². The number of fused-ring (bicyclic) bond motifs is 2. The fraction of sp³-hybridized carbons (Fsp3) is 0.391. The fourth-order valence-electron chi connectivity index (χ4n) is 7.99. The number of amides is 2. The number of pyridine rings is 2. The minimum Gasteiger partial charge on any atom is -0.374 e. The lowest BCUT2D eigenvalue weighted by atomic mass is 9.99. The van der Waals surface area contributed by atoms with Gasteiger partial charge >= 0.3 is 0 Å². The molecule has 2 amide bonds. The average Bonchev–Trinajstić information content (AvgIpc) is 3.32. The quantitative estimate of drug-likeness (QED) is 0.0920. The van der Waals surface area contributed by atoms with E-state index in [0.29, 0.717) is 105 Å². The van der Waals surface area contributed by atoms with Gasteiger partial charge in [-0.05, 0) is 51.7 Å². The summed E-state index contributed by atoms with van der Waals surface area (Å²) in [5.41, 5.74) is 15.0. The maximum Gasteiger partial charge on any atom is 0.217 e. The number of anilines is 4. The molecule has 0 aliphatic carbocycles. The number of nitrogens with two attached hydrogens (primary N) is 2. The SMILES string of the molecule is CC1c2cnc(-c3ncccn3)nc2CCN1c1cc(F)cc(N(C)CCCCC(N)=O)n1.CC1c2cnc(-c3ncccn3)nc2CCN1c1cc(N(C)CCCCC(N)=O)cc(F)n1. The molecule has 2 aliphatic rings. The van der Waals surface area contributed by atoms with Crippen LogP contribution < -0.4 is 31.1 Å². The number of hydrogen-bond acceptors (Lipinski definition) is 16. The molecule has 0 saturated carbocycles. The van der Waals surface area contributed by atoms with Crippen LogP contribution in [0.25, 0.3) is 23.3 Å². The van der Waals surface area contributed by atoms with Gasteiger partial charge in [0.1, 0.15) is 23.3 Å². The number of halogens is 2. The van der Waals surface area contributed by atoms with Gasteiger partial charge in [0.25, 0.3) is 0 Å². The number of unbranched alkanes of at least 4 members (excludes halogenated alkanes) is 2. The number of nitrogens with zero attached hydrogens (tertiary/aromatic N) is 14. The van der Waals surface area contributed by atoms with Crippen molar-refractivity contribution in [2.24, 2.45) is 11.5 Å². The number of carbonyl (C=O) groups excluding carboxylic acids is 2. The molecule has 8 rings (SSSR count). The molecule has 20 heteroatoms. The molecule has 344 valence electrons. The first-order valence-electron chi connectivity index (χ1n) is 22.0. The van der Waals surface area contributed by atoms with E-state index in [0.717, 1.165) is 41.0 Å². The highest BCUT2D eigenvalue weighted by Gasteiger charge is 2.30. The van der Waals surface area contributed by atoms with Crippen LogP contribution in [0.3, 0.4) is 0 Å². The van der Waals surface area contributed by atoms with Crippen molar-refractivity contribution in [3.8, 4) is 23.3 Å². The molecule has 2 atom stereocenters. The van der Waals surface area contributed by atoms with Crippen molar-refractivity contribution in [1.82, 2.24) is 49.8 Å². The molecule has 0 aromatic carbocycles. The van der Waals surface area contributed by atoms with Gasteiger partial charge in [-0.2, -0.15) is 4.39 Å². The Labute approximate surface area is 382 Å². The van der Waals surface area contributed by atoms with E-state index in [1.165, 1.54) is 18.2 Å². The first-order chi connectivity index (χ1) is 31.8. The van der Waals surface area contributed by atoms with Crippen LogP contribution in [0.4, 0.5) is 31.9 Å². The van der Waals surface area contributed by atoms with Gasteiger partial charge in [-0.15, -0.1) is 0 Å². The largest absolute Gasteiger partial charge is 0.374 e. The number of carbonyl (C=O) groups is 2. The molecular weight excluding hydrogens is 847 g/mol. The average molecular weight is 901 g/mol. The first-order valence-corrected chi connectivity index (χ1v) is 22.0. The molecule has 6 aromatic heterocycles. The van der Waals surface area contributed by atoms with Crippen molar-refractivity contribution in [1.29, 1.82) is 0 Å². The number of rotatable bonds is 16. The normalized spacial score (nSPS) is 15.2. The second kappa shape index (κ2) is 21.5. The maximum absolute atomic E-state index is 14.5. The molecule has 66 heavy (non-hydrogen) atoms. The molecular formula is C46H54F2N16O2. The summed E-state index contributed by atoms with van der Waals surface area (Å²) in [6.45, 7) is 6.73. The molecule has 4 N–H and O–H groups in total. The zero-order valence-electron chi connectivity index (χ0n) is 37.6. The van der Waals surface area contributed by atoms with Gasteiger partial charge < -0.3 is 31.1 Å². The maximum atomic E-state index is 14.5. The standard InChI is InChI=1S/2C23H27FN8O/c1-15-17-14-28-23(22-26-8-5-9-27-22)29-18(17)7-11-32(15)21-13-16(12-19(24)30-21)31(2)10-4-3-6-20(25)33;1-15-17-14-28-23(22-26-8-5-9-27-22)29-18(17)7-11-32(15)21-13-16(24)12-20(30-21)31(2)10-4-3-6-19(25)33/h2*5,8-9,12-15H,3-4,6-7,10-11H2,1-2H3,(H2,25,33). The Morgan fingerprint density at radius 3 is 1.61 bits per heavy atom. The zero-order chi connectivity index (χ0) is 46.7. The molecule has 0 radical (unpaired) electrons. The molecule has 6 aromatic rings. The van der Waals surface area contributed by atoms with Crippen molar-refractivity contribution < 1.29 is 18.4 Å². The Hall–Kier alpha value is -7.38. The summed E-state index contributed by atoms with van der Waals surface area (Å²) >= 11 is 0. The molecule has 0 bridgehead atoms. The Morgan fingerprint density at radius 2 is 1.11 bits per heavy atom. The number of hydrogen-bond donors (Lipinski definition) is 2. The predicted octanol–water partition coefficient (Wildman–Crippen LogP) is 5.37. The zero-order valence-corrected chi connectivity index (χ0v) is 37.6. The van der Waals surface area contributed by atoms with E-state index in [2.05, 4.69) is 54.7 Å². The van der Waals surface area contributed by atoms with Crippen LogP contribution in [-0.2, 0) is 22.4 Å². The predicted molar refractivity (Wildman–Crippen MR) is 246 cm³/mol. The summed E-state index contributed by atoms with van der Waals surface area (Å²) in [5.74, 6) is 2.19. The van der Waals surface area contributed by atoms with E-state index in [4.69, 9.17) is 16.5 Å². The Balaban J connectivity index is 0.000000196. The van der Waals surface area contributed by atoms with E-state index in [9.17, 15) is 18.4 Å². The first kappa shape index (κ1) is 46.6. The van der Waals surface area contributed by atoms with Crippen LogP contribution in [0.2, 0.25) is 0 Å². The molecule has 2 aliphatic heterocycles. The molecule has 2 unspecified atom stereocenters. The van der Waals surface area contributed by atoms with Gasteiger partial charge in [-0.1, -0.05) is 0 Å². The monoisotopic (exact) mass is 900 g/mol. The molecule has 0 fully saturated rings. The summed E-state index contributed by atoms with van der Waals surface area (Å²) < 4.78 is 28.9. The van der Waals surface area contributed by atoms with Crippen molar-refractivity contribution in [3.63, 3.8) is 0 Å². The van der Waals surface area contributed by atoms with E-state index >= 15 is 0 Å². The third-order valence-corrected chi connectivity index (χ3v) is 11.6. The van der Waals surface area contributed by atoms with Crippen molar-refractivity contribution in [2.45, 2.75) is 77.3 Å². The smallest absolute Gasteiger partial charge is 0.217 e. The van der Waals surface area contributed by atoms with Crippen LogP contribution in [0, 0.1) is 11.8 Å². The van der Waals surface area contributed by atoms with Gasteiger partial charge in [0.2, 0.25) is 17.8 Å². The second-order valence-corrected chi connectivity index (χ2v) is 16.3. The lowest BCUT2D eigenvalue weighted by Gasteiger charge is -2.36. The lowest BCUT2D eigenvalue weighted by Crippen LogP contribution is -2.35. The number of primary amides is 2. The Bertz CT molecular complexity index is 2430. The summed E-state index contributed by atoms with van der Waals surface area (Å²) in [6, 6.07) is 9.57.